The Hall–Kier alpha value is -1.22. The molecular formula is C15H22ClNO2. The SMILES string of the molecule is CC[C@@H](Oc1cccc(Cl)c1)C(=O)N[C@H](C)C(C)C. The van der Waals surface area contributed by atoms with E-state index in [1.807, 2.05) is 13.8 Å². The minimum Gasteiger partial charge on any atom is -0.481 e. The summed E-state index contributed by atoms with van der Waals surface area (Å²) >= 11 is 5.90. The number of hydrogen-bond acceptors (Lipinski definition) is 2. The van der Waals surface area contributed by atoms with Gasteiger partial charge in [0.25, 0.3) is 5.91 Å². The van der Waals surface area contributed by atoms with Gasteiger partial charge in [0.15, 0.2) is 6.10 Å². The lowest BCUT2D eigenvalue weighted by atomic mass is 10.1. The molecule has 106 valence electrons. The number of nitrogens with one attached hydrogen (secondary N) is 1. The van der Waals surface area contributed by atoms with Crippen LogP contribution in [0.25, 0.3) is 0 Å². The van der Waals surface area contributed by atoms with Crippen LogP contribution >= 0.6 is 11.6 Å². The third kappa shape index (κ3) is 5.11. The van der Waals surface area contributed by atoms with Crippen molar-refractivity contribution < 1.29 is 9.53 Å². The third-order valence-electron chi connectivity index (χ3n) is 3.11. The van der Waals surface area contributed by atoms with E-state index in [2.05, 4.69) is 19.2 Å². The Morgan fingerprint density at radius 3 is 2.58 bits per heavy atom. The van der Waals surface area contributed by atoms with Crippen LogP contribution in [0.3, 0.4) is 0 Å². The van der Waals surface area contributed by atoms with Gasteiger partial charge < -0.3 is 10.1 Å². The molecule has 4 heteroatoms. The van der Waals surface area contributed by atoms with Crippen molar-refractivity contribution in [1.82, 2.24) is 5.32 Å². The Morgan fingerprint density at radius 2 is 2.05 bits per heavy atom. The molecule has 1 aromatic carbocycles. The molecule has 0 aliphatic heterocycles. The topological polar surface area (TPSA) is 38.3 Å². The molecule has 1 aromatic rings. The quantitative estimate of drug-likeness (QED) is 0.865. The highest BCUT2D eigenvalue weighted by Gasteiger charge is 2.21. The molecule has 1 N–H and O–H groups in total. The molecule has 0 unspecified atom stereocenters. The summed E-state index contributed by atoms with van der Waals surface area (Å²) in [6.07, 6.45) is 0.128. The van der Waals surface area contributed by atoms with Gasteiger partial charge in [-0.15, -0.1) is 0 Å². The summed E-state index contributed by atoms with van der Waals surface area (Å²) in [5, 5.41) is 3.57. The number of amides is 1. The molecule has 0 radical (unpaired) electrons. The lowest BCUT2D eigenvalue weighted by Crippen LogP contribution is -2.44. The van der Waals surface area contributed by atoms with Gasteiger partial charge in [-0.05, 0) is 37.5 Å². The van der Waals surface area contributed by atoms with Crippen molar-refractivity contribution in [3.8, 4) is 5.75 Å². The molecular weight excluding hydrogens is 262 g/mol. The molecule has 0 fully saturated rings. The van der Waals surface area contributed by atoms with Gasteiger partial charge in [0, 0.05) is 11.1 Å². The van der Waals surface area contributed by atoms with Crippen LogP contribution in [0.4, 0.5) is 0 Å². The monoisotopic (exact) mass is 283 g/mol. The zero-order valence-corrected chi connectivity index (χ0v) is 12.7. The summed E-state index contributed by atoms with van der Waals surface area (Å²) in [7, 11) is 0. The Bertz CT molecular complexity index is 420. The average Bonchev–Trinajstić information content (AvgIpc) is 2.35. The number of carbonyl (C=O) groups excluding carboxylic acids is 1. The number of hydrogen-bond donors (Lipinski definition) is 1. The molecule has 0 saturated carbocycles. The fourth-order valence-corrected chi connectivity index (χ4v) is 1.69. The minimum atomic E-state index is -0.486. The van der Waals surface area contributed by atoms with Crippen LogP contribution in [0.5, 0.6) is 5.75 Å². The second-order valence-electron chi connectivity index (χ2n) is 5.01. The molecule has 0 aliphatic rings. The van der Waals surface area contributed by atoms with Gasteiger partial charge in [-0.1, -0.05) is 38.4 Å². The van der Waals surface area contributed by atoms with E-state index in [1.54, 1.807) is 24.3 Å². The van der Waals surface area contributed by atoms with Gasteiger partial charge in [0.2, 0.25) is 0 Å². The van der Waals surface area contributed by atoms with Crippen LogP contribution in [-0.2, 0) is 4.79 Å². The van der Waals surface area contributed by atoms with Gasteiger partial charge in [-0.2, -0.15) is 0 Å². The number of ether oxygens (including phenoxy) is 1. The third-order valence-corrected chi connectivity index (χ3v) is 3.34. The molecule has 1 rings (SSSR count). The summed E-state index contributed by atoms with van der Waals surface area (Å²) in [5.41, 5.74) is 0. The second kappa shape index (κ2) is 7.39. The predicted octanol–water partition coefficient (Wildman–Crippen LogP) is 3.66. The number of halogens is 1. The second-order valence-corrected chi connectivity index (χ2v) is 5.45. The minimum absolute atomic E-state index is 0.0799. The Kier molecular flexibility index (Phi) is 6.16. The lowest BCUT2D eigenvalue weighted by Gasteiger charge is -2.22. The summed E-state index contributed by atoms with van der Waals surface area (Å²) in [5.74, 6) is 0.933. The van der Waals surface area contributed by atoms with Crippen LogP contribution in [-0.4, -0.2) is 18.1 Å². The maximum absolute atomic E-state index is 12.1. The number of benzene rings is 1. The summed E-state index contributed by atoms with van der Waals surface area (Å²) < 4.78 is 5.69. The highest BCUT2D eigenvalue weighted by Crippen LogP contribution is 2.19. The van der Waals surface area contributed by atoms with E-state index in [0.29, 0.717) is 23.1 Å². The van der Waals surface area contributed by atoms with Crippen LogP contribution in [0, 0.1) is 5.92 Å². The molecule has 0 saturated heterocycles. The summed E-state index contributed by atoms with van der Waals surface area (Å²) in [6.45, 7) is 8.07. The maximum Gasteiger partial charge on any atom is 0.261 e. The first-order valence-electron chi connectivity index (χ1n) is 6.66. The van der Waals surface area contributed by atoms with Gasteiger partial charge in [-0.25, -0.2) is 0 Å². The predicted molar refractivity (Wildman–Crippen MR) is 78.6 cm³/mol. The van der Waals surface area contributed by atoms with E-state index in [9.17, 15) is 4.79 Å². The van der Waals surface area contributed by atoms with Crippen molar-refractivity contribution in [3.05, 3.63) is 29.3 Å². The van der Waals surface area contributed by atoms with Crippen LogP contribution in [0.1, 0.15) is 34.1 Å². The first-order chi connectivity index (χ1) is 8.93. The van der Waals surface area contributed by atoms with Crippen molar-refractivity contribution in [3.63, 3.8) is 0 Å². The molecule has 2 atom stereocenters. The number of rotatable bonds is 6. The van der Waals surface area contributed by atoms with E-state index < -0.39 is 6.10 Å². The van der Waals surface area contributed by atoms with E-state index in [-0.39, 0.29) is 11.9 Å². The lowest BCUT2D eigenvalue weighted by molar-refractivity contribution is -0.129. The zero-order chi connectivity index (χ0) is 14.4. The summed E-state index contributed by atoms with van der Waals surface area (Å²) in [6, 6.07) is 7.22. The fourth-order valence-electron chi connectivity index (χ4n) is 1.51. The standard InChI is InChI=1S/C15H22ClNO2/c1-5-14(15(18)17-11(4)10(2)3)19-13-8-6-7-12(16)9-13/h6-11,14H,5H2,1-4H3,(H,17,18)/t11-,14-/m1/s1. The van der Waals surface area contributed by atoms with Gasteiger partial charge in [0.1, 0.15) is 5.75 Å². The largest absolute Gasteiger partial charge is 0.481 e. The summed E-state index contributed by atoms with van der Waals surface area (Å²) in [4.78, 5) is 12.1. The normalized spacial score (nSPS) is 14.0. The molecule has 0 spiro atoms. The Morgan fingerprint density at radius 1 is 1.37 bits per heavy atom. The molecule has 0 heterocycles. The van der Waals surface area contributed by atoms with Crippen LogP contribution in [0.15, 0.2) is 24.3 Å². The van der Waals surface area contributed by atoms with E-state index >= 15 is 0 Å². The first kappa shape index (κ1) is 15.8. The molecule has 3 nitrogen and oxygen atoms in total. The van der Waals surface area contributed by atoms with Crippen molar-refractivity contribution >= 4 is 17.5 Å². The van der Waals surface area contributed by atoms with Crippen molar-refractivity contribution in [2.45, 2.75) is 46.3 Å². The van der Waals surface area contributed by atoms with E-state index in [1.165, 1.54) is 0 Å². The fraction of sp³-hybridized carbons (Fsp3) is 0.533. The molecule has 0 aliphatic carbocycles. The highest BCUT2D eigenvalue weighted by atomic mass is 35.5. The van der Waals surface area contributed by atoms with E-state index in [0.717, 1.165) is 0 Å². The maximum atomic E-state index is 12.1. The Balaban J connectivity index is 2.65. The van der Waals surface area contributed by atoms with E-state index in [4.69, 9.17) is 16.3 Å². The molecule has 1 amide bonds. The van der Waals surface area contributed by atoms with Crippen LogP contribution < -0.4 is 10.1 Å². The van der Waals surface area contributed by atoms with Crippen molar-refractivity contribution in [2.24, 2.45) is 5.92 Å². The molecule has 19 heavy (non-hydrogen) atoms. The Labute approximate surface area is 120 Å². The zero-order valence-electron chi connectivity index (χ0n) is 11.9. The average molecular weight is 284 g/mol. The highest BCUT2D eigenvalue weighted by molar-refractivity contribution is 6.30. The van der Waals surface area contributed by atoms with Crippen molar-refractivity contribution in [2.75, 3.05) is 0 Å². The van der Waals surface area contributed by atoms with Gasteiger partial charge in [-0.3, -0.25) is 4.79 Å². The number of carbonyl (C=O) groups is 1. The van der Waals surface area contributed by atoms with Gasteiger partial charge in [0.05, 0.1) is 0 Å². The smallest absolute Gasteiger partial charge is 0.261 e. The van der Waals surface area contributed by atoms with Crippen molar-refractivity contribution in [1.29, 1.82) is 0 Å². The van der Waals surface area contributed by atoms with Gasteiger partial charge >= 0.3 is 0 Å². The first-order valence-corrected chi connectivity index (χ1v) is 7.04. The molecule has 0 aromatic heterocycles. The van der Waals surface area contributed by atoms with Crippen LogP contribution in [0.2, 0.25) is 5.02 Å². The molecule has 0 bridgehead atoms.